The molecule has 0 aliphatic heterocycles. The van der Waals surface area contributed by atoms with Crippen LogP contribution >= 0.6 is 31.9 Å². The summed E-state index contributed by atoms with van der Waals surface area (Å²) >= 11 is 7.22. The highest BCUT2D eigenvalue weighted by molar-refractivity contribution is 9.10. The number of hydrogen-bond acceptors (Lipinski definition) is 2. The average Bonchev–Trinajstić information content (AvgIpc) is 2.53. The van der Waals surface area contributed by atoms with Crippen molar-refractivity contribution < 1.29 is 9.47 Å². The van der Waals surface area contributed by atoms with Crippen LogP contribution in [0.3, 0.4) is 0 Å². The summed E-state index contributed by atoms with van der Waals surface area (Å²) in [6, 6.07) is 16.1. The second-order valence-corrected chi connectivity index (χ2v) is 6.16. The molecule has 1 unspecified atom stereocenters. The Labute approximate surface area is 142 Å². The van der Waals surface area contributed by atoms with Crippen molar-refractivity contribution in [3.63, 3.8) is 0 Å². The van der Waals surface area contributed by atoms with Crippen molar-refractivity contribution in [3.8, 4) is 11.5 Å². The molecule has 0 saturated carbocycles. The van der Waals surface area contributed by atoms with Gasteiger partial charge in [-0.15, -0.1) is 0 Å². The molecule has 4 heteroatoms. The number of halogens is 2. The maximum Gasteiger partial charge on any atom is 0.161 e. The third kappa shape index (κ3) is 4.48. The number of methoxy groups -OCH3 is 1. The molecular weight excluding hydrogens is 396 g/mol. The Balaban J connectivity index is 1.97. The lowest BCUT2D eigenvalue weighted by Gasteiger charge is -2.17. The predicted molar refractivity (Wildman–Crippen MR) is 93.8 cm³/mol. The van der Waals surface area contributed by atoms with E-state index in [1.54, 1.807) is 7.11 Å². The van der Waals surface area contributed by atoms with E-state index in [0.29, 0.717) is 12.5 Å². The molecule has 0 fully saturated rings. The first-order valence-corrected chi connectivity index (χ1v) is 8.74. The van der Waals surface area contributed by atoms with E-state index in [9.17, 15) is 0 Å². The van der Waals surface area contributed by atoms with Gasteiger partial charge in [0.15, 0.2) is 11.5 Å². The van der Waals surface area contributed by atoms with Crippen LogP contribution in [-0.4, -0.2) is 19.0 Å². The number of alkyl halides is 1. The van der Waals surface area contributed by atoms with Gasteiger partial charge in [0.2, 0.25) is 0 Å². The van der Waals surface area contributed by atoms with Crippen molar-refractivity contribution in [2.24, 2.45) is 0 Å². The molecule has 0 spiro atoms. The Hall–Kier alpha value is -1.00. The monoisotopic (exact) mass is 412 g/mol. The SMILES string of the molecule is COc1ccccc1OCCC(CBr)c1ccccc1Br. The summed E-state index contributed by atoms with van der Waals surface area (Å²) in [7, 11) is 1.66. The molecule has 21 heavy (non-hydrogen) atoms. The first-order valence-electron chi connectivity index (χ1n) is 6.82. The number of rotatable bonds is 7. The minimum Gasteiger partial charge on any atom is -0.493 e. The fraction of sp³-hybridized carbons (Fsp3) is 0.294. The van der Waals surface area contributed by atoms with Crippen LogP contribution < -0.4 is 9.47 Å². The van der Waals surface area contributed by atoms with E-state index >= 15 is 0 Å². The van der Waals surface area contributed by atoms with E-state index in [1.807, 2.05) is 30.3 Å². The van der Waals surface area contributed by atoms with Crippen molar-refractivity contribution in [2.45, 2.75) is 12.3 Å². The number of ether oxygens (including phenoxy) is 2. The molecule has 1 atom stereocenters. The van der Waals surface area contributed by atoms with E-state index in [1.165, 1.54) is 5.56 Å². The van der Waals surface area contributed by atoms with Gasteiger partial charge in [-0.25, -0.2) is 0 Å². The highest BCUT2D eigenvalue weighted by atomic mass is 79.9. The van der Waals surface area contributed by atoms with Crippen LogP contribution in [0.5, 0.6) is 11.5 Å². The third-order valence-corrected chi connectivity index (χ3v) is 4.83. The van der Waals surface area contributed by atoms with Crippen LogP contribution in [0.1, 0.15) is 17.9 Å². The average molecular weight is 414 g/mol. The molecule has 0 heterocycles. The zero-order valence-corrected chi connectivity index (χ0v) is 15.1. The minimum atomic E-state index is 0.412. The molecule has 0 bridgehead atoms. The van der Waals surface area contributed by atoms with Gasteiger partial charge >= 0.3 is 0 Å². The third-order valence-electron chi connectivity index (χ3n) is 3.32. The standard InChI is InChI=1S/C17H18Br2O2/c1-20-16-8-4-5-9-17(16)21-11-10-13(12-18)14-6-2-3-7-15(14)19/h2-9,13H,10-12H2,1H3. The molecule has 0 aliphatic carbocycles. The summed E-state index contributed by atoms with van der Waals surface area (Å²) in [5.74, 6) is 1.98. The summed E-state index contributed by atoms with van der Waals surface area (Å²) in [6.07, 6.45) is 0.936. The van der Waals surface area contributed by atoms with Crippen LogP contribution in [0.15, 0.2) is 53.0 Å². The Morgan fingerprint density at radius 3 is 2.33 bits per heavy atom. The first-order chi connectivity index (χ1) is 10.3. The lowest BCUT2D eigenvalue weighted by molar-refractivity contribution is 0.282. The molecule has 0 radical (unpaired) electrons. The Kier molecular flexibility index (Phi) is 6.58. The van der Waals surface area contributed by atoms with Crippen LogP contribution in [-0.2, 0) is 0 Å². The summed E-state index contributed by atoms with van der Waals surface area (Å²) in [5, 5.41) is 0.908. The lowest BCUT2D eigenvalue weighted by atomic mass is 9.98. The lowest BCUT2D eigenvalue weighted by Crippen LogP contribution is -2.08. The van der Waals surface area contributed by atoms with Crippen LogP contribution in [0, 0.1) is 0 Å². The highest BCUT2D eigenvalue weighted by Gasteiger charge is 2.13. The van der Waals surface area contributed by atoms with E-state index in [0.717, 1.165) is 27.7 Å². The smallest absolute Gasteiger partial charge is 0.161 e. The fourth-order valence-corrected chi connectivity index (χ4v) is 3.45. The largest absolute Gasteiger partial charge is 0.493 e. The van der Waals surface area contributed by atoms with Crippen molar-refractivity contribution in [2.75, 3.05) is 19.0 Å². The summed E-state index contributed by atoms with van der Waals surface area (Å²) < 4.78 is 12.3. The number of para-hydroxylation sites is 2. The van der Waals surface area contributed by atoms with Crippen molar-refractivity contribution in [1.29, 1.82) is 0 Å². The molecule has 0 aliphatic rings. The molecule has 2 nitrogen and oxygen atoms in total. The highest BCUT2D eigenvalue weighted by Crippen LogP contribution is 2.30. The maximum absolute atomic E-state index is 5.86. The molecule has 0 N–H and O–H groups in total. The Morgan fingerprint density at radius 2 is 1.67 bits per heavy atom. The van der Waals surface area contributed by atoms with Crippen molar-refractivity contribution in [3.05, 3.63) is 58.6 Å². The zero-order chi connectivity index (χ0) is 15.1. The molecule has 0 saturated heterocycles. The summed E-state index contributed by atoms with van der Waals surface area (Å²) in [6.45, 7) is 0.651. The van der Waals surface area contributed by atoms with Gasteiger partial charge in [0.05, 0.1) is 13.7 Å². The first kappa shape index (κ1) is 16.4. The molecule has 0 aromatic heterocycles. The van der Waals surface area contributed by atoms with Crippen LogP contribution in [0.25, 0.3) is 0 Å². The molecule has 2 aromatic carbocycles. The summed E-state index contributed by atoms with van der Waals surface area (Å²) in [4.78, 5) is 0. The minimum absolute atomic E-state index is 0.412. The normalized spacial score (nSPS) is 12.0. The maximum atomic E-state index is 5.86. The number of hydrogen-bond donors (Lipinski definition) is 0. The predicted octanol–water partition coefficient (Wildman–Crippen LogP) is 5.41. The van der Waals surface area contributed by atoms with Crippen molar-refractivity contribution in [1.82, 2.24) is 0 Å². The van der Waals surface area contributed by atoms with Crippen molar-refractivity contribution >= 4 is 31.9 Å². The van der Waals surface area contributed by atoms with Gasteiger partial charge in [-0.1, -0.05) is 62.2 Å². The van der Waals surface area contributed by atoms with Gasteiger partial charge in [-0.05, 0) is 36.1 Å². The van der Waals surface area contributed by atoms with Crippen LogP contribution in [0.2, 0.25) is 0 Å². The number of benzene rings is 2. The van der Waals surface area contributed by atoms with Gasteiger partial charge in [-0.3, -0.25) is 0 Å². The fourth-order valence-electron chi connectivity index (χ4n) is 2.17. The topological polar surface area (TPSA) is 18.5 Å². The molecule has 2 aromatic rings. The Morgan fingerprint density at radius 1 is 1.00 bits per heavy atom. The van der Waals surface area contributed by atoms with Crippen LogP contribution in [0.4, 0.5) is 0 Å². The molecule has 0 amide bonds. The van der Waals surface area contributed by atoms with E-state index in [4.69, 9.17) is 9.47 Å². The van der Waals surface area contributed by atoms with Gasteiger partial charge in [0.25, 0.3) is 0 Å². The van der Waals surface area contributed by atoms with Gasteiger partial charge in [0, 0.05) is 9.80 Å². The van der Waals surface area contributed by atoms with E-state index in [2.05, 4.69) is 50.1 Å². The van der Waals surface area contributed by atoms with Gasteiger partial charge < -0.3 is 9.47 Å². The zero-order valence-electron chi connectivity index (χ0n) is 11.9. The second kappa shape index (κ2) is 8.44. The quantitative estimate of drug-likeness (QED) is 0.565. The summed E-state index contributed by atoms with van der Waals surface area (Å²) in [5.41, 5.74) is 1.30. The second-order valence-electron chi connectivity index (χ2n) is 4.66. The van der Waals surface area contributed by atoms with E-state index in [-0.39, 0.29) is 0 Å². The van der Waals surface area contributed by atoms with Gasteiger partial charge in [0.1, 0.15) is 0 Å². The van der Waals surface area contributed by atoms with Gasteiger partial charge in [-0.2, -0.15) is 0 Å². The van der Waals surface area contributed by atoms with E-state index < -0.39 is 0 Å². The molecular formula is C17H18Br2O2. The Bertz CT molecular complexity index is 572. The molecule has 112 valence electrons. The molecule has 2 rings (SSSR count).